The Balaban J connectivity index is 1.58. The molecule has 0 radical (unpaired) electrons. The largest absolute Gasteiger partial charge is 0.335 e. The Kier molecular flexibility index (Phi) is 4.55. The molecule has 0 saturated heterocycles. The van der Waals surface area contributed by atoms with E-state index in [0.717, 1.165) is 18.1 Å². The van der Waals surface area contributed by atoms with E-state index in [4.69, 9.17) is 0 Å². The maximum atomic E-state index is 12.5. The molecule has 1 unspecified atom stereocenters. The van der Waals surface area contributed by atoms with Crippen molar-refractivity contribution in [3.8, 4) is 0 Å². The summed E-state index contributed by atoms with van der Waals surface area (Å²) in [6.07, 6.45) is 0.831. The number of urea groups is 1. The highest BCUT2D eigenvalue weighted by Gasteiger charge is 2.23. The van der Waals surface area contributed by atoms with Crippen LogP contribution in [-0.2, 0) is 19.5 Å². The van der Waals surface area contributed by atoms with E-state index in [1.807, 2.05) is 18.5 Å². The van der Waals surface area contributed by atoms with E-state index >= 15 is 0 Å². The van der Waals surface area contributed by atoms with Gasteiger partial charge in [0, 0.05) is 12.6 Å². The second-order valence-corrected chi connectivity index (χ2v) is 6.77. The lowest BCUT2D eigenvalue weighted by atomic mass is 10.0. The second kappa shape index (κ2) is 6.63. The van der Waals surface area contributed by atoms with Gasteiger partial charge in [-0.3, -0.25) is 0 Å². The molecule has 1 atom stereocenters. The van der Waals surface area contributed by atoms with Crippen LogP contribution in [0, 0.1) is 20.8 Å². The molecule has 24 heavy (non-hydrogen) atoms. The number of hydrogen-bond acceptors (Lipinski definition) is 3. The summed E-state index contributed by atoms with van der Waals surface area (Å²) in [4.78, 5) is 18.7. The second-order valence-electron chi connectivity index (χ2n) is 6.77. The minimum Gasteiger partial charge on any atom is -0.335 e. The van der Waals surface area contributed by atoms with Crippen molar-refractivity contribution in [1.82, 2.24) is 25.0 Å². The van der Waals surface area contributed by atoms with Gasteiger partial charge in [-0.15, -0.1) is 0 Å². The first kappa shape index (κ1) is 16.5. The molecular formula is C18H25N5O. The summed E-state index contributed by atoms with van der Waals surface area (Å²) in [6.45, 7) is 10.0. The van der Waals surface area contributed by atoms with Crippen molar-refractivity contribution in [3.05, 3.63) is 46.5 Å². The van der Waals surface area contributed by atoms with Gasteiger partial charge in [0.2, 0.25) is 0 Å². The van der Waals surface area contributed by atoms with Gasteiger partial charge in [-0.25, -0.2) is 14.5 Å². The Hall–Kier alpha value is -2.37. The van der Waals surface area contributed by atoms with Crippen LogP contribution in [0.15, 0.2) is 18.2 Å². The number of rotatable bonds is 3. The number of nitrogens with one attached hydrogen (secondary N) is 1. The van der Waals surface area contributed by atoms with Crippen molar-refractivity contribution in [1.29, 1.82) is 0 Å². The van der Waals surface area contributed by atoms with Crippen molar-refractivity contribution in [3.63, 3.8) is 0 Å². The van der Waals surface area contributed by atoms with E-state index in [2.05, 4.69) is 47.4 Å². The van der Waals surface area contributed by atoms with Crippen LogP contribution >= 0.6 is 0 Å². The molecule has 0 spiro atoms. The molecule has 0 fully saturated rings. The van der Waals surface area contributed by atoms with E-state index in [0.29, 0.717) is 19.6 Å². The number of nitrogens with zero attached hydrogens (tertiary/aromatic N) is 4. The fraction of sp³-hybridized carbons (Fsp3) is 0.500. The Morgan fingerprint density at radius 1 is 1.21 bits per heavy atom. The number of amides is 2. The summed E-state index contributed by atoms with van der Waals surface area (Å²) in [5.74, 6) is 1.62. The van der Waals surface area contributed by atoms with Gasteiger partial charge in [-0.1, -0.05) is 29.3 Å². The molecule has 2 aromatic rings. The molecule has 1 N–H and O–H groups in total. The molecule has 0 bridgehead atoms. The molecule has 6 nitrogen and oxygen atoms in total. The lowest BCUT2D eigenvalue weighted by molar-refractivity contribution is 0.176. The van der Waals surface area contributed by atoms with Gasteiger partial charge in [-0.05, 0) is 39.7 Å². The quantitative estimate of drug-likeness (QED) is 0.941. The molecule has 1 aliphatic rings. The summed E-state index contributed by atoms with van der Waals surface area (Å²) < 4.78 is 1.89. The van der Waals surface area contributed by atoms with E-state index in [9.17, 15) is 4.79 Å². The number of benzene rings is 1. The summed E-state index contributed by atoms with van der Waals surface area (Å²) in [6, 6.07) is 6.58. The van der Waals surface area contributed by atoms with Gasteiger partial charge < -0.3 is 10.2 Å². The van der Waals surface area contributed by atoms with Gasteiger partial charge in [0.25, 0.3) is 0 Å². The van der Waals surface area contributed by atoms with Gasteiger partial charge in [0.1, 0.15) is 11.6 Å². The summed E-state index contributed by atoms with van der Waals surface area (Å²) in [7, 11) is 0. The molecule has 2 amide bonds. The summed E-state index contributed by atoms with van der Waals surface area (Å²) in [5, 5.41) is 7.43. The van der Waals surface area contributed by atoms with Crippen LogP contribution in [0.5, 0.6) is 0 Å². The molecule has 1 aliphatic heterocycles. The highest BCUT2D eigenvalue weighted by Crippen LogP contribution is 2.13. The summed E-state index contributed by atoms with van der Waals surface area (Å²) >= 11 is 0. The molecule has 1 aromatic heterocycles. The number of fused-ring (bicyclic) bond motifs is 1. The standard InChI is InChI=1S/C18H25N5O/c1-12-7-13(2)9-16(8-12)10-14(3)19-18(24)22-5-6-23-17(11-22)20-15(4)21-23/h7-9,14H,5-6,10-11H2,1-4H3,(H,19,24). The van der Waals surface area contributed by atoms with Crippen molar-refractivity contribution in [2.75, 3.05) is 6.54 Å². The van der Waals surface area contributed by atoms with E-state index < -0.39 is 0 Å². The molecule has 128 valence electrons. The fourth-order valence-electron chi connectivity index (χ4n) is 3.33. The predicted octanol–water partition coefficient (Wildman–Crippen LogP) is 2.36. The van der Waals surface area contributed by atoms with Crippen molar-refractivity contribution >= 4 is 6.03 Å². The molecule has 2 heterocycles. The molecule has 1 aromatic carbocycles. The maximum Gasteiger partial charge on any atom is 0.318 e. The molecule has 6 heteroatoms. The van der Waals surface area contributed by atoms with Crippen molar-refractivity contribution < 1.29 is 4.79 Å². The number of aryl methyl sites for hydroxylation is 3. The Morgan fingerprint density at radius 2 is 1.92 bits per heavy atom. The number of aromatic nitrogens is 3. The highest BCUT2D eigenvalue weighted by atomic mass is 16.2. The third kappa shape index (κ3) is 3.75. The van der Waals surface area contributed by atoms with Crippen LogP contribution in [0.25, 0.3) is 0 Å². The number of carbonyl (C=O) groups is 1. The fourth-order valence-corrected chi connectivity index (χ4v) is 3.33. The Labute approximate surface area is 142 Å². The van der Waals surface area contributed by atoms with Crippen molar-refractivity contribution in [2.24, 2.45) is 0 Å². The first-order valence-electron chi connectivity index (χ1n) is 8.43. The zero-order valence-electron chi connectivity index (χ0n) is 14.8. The van der Waals surface area contributed by atoms with Gasteiger partial charge in [0.15, 0.2) is 0 Å². The first-order valence-corrected chi connectivity index (χ1v) is 8.43. The predicted molar refractivity (Wildman–Crippen MR) is 92.8 cm³/mol. The van der Waals surface area contributed by atoms with Gasteiger partial charge in [-0.2, -0.15) is 5.10 Å². The zero-order chi connectivity index (χ0) is 17.3. The lowest BCUT2D eigenvalue weighted by Gasteiger charge is -2.28. The maximum absolute atomic E-state index is 12.5. The lowest BCUT2D eigenvalue weighted by Crippen LogP contribution is -2.47. The SMILES string of the molecule is Cc1cc(C)cc(CC(C)NC(=O)N2CCn3nc(C)nc3C2)c1. The van der Waals surface area contributed by atoms with Crippen LogP contribution in [0.4, 0.5) is 4.79 Å². The van der Waals surface area contributed by atoms with Crippen LogP contribution < -0.4 is 5.32 Å². The first-order chi connectivity index (χ1) is 11.4. The van der Waals surface area contributed by atoms with E-state index in [1.165, 1.54) is 16.7 Å². The average Bonchev–Trinajstić information content (AvgIpc) is 2.84. The minimum absolute atomic E-state index is 0.0289. The molecule has 3 rings (SSSR count). The van der Waals surface area contributed by atoms with Crippen LogP contribution in [0.2, 0.25) is 0 Å². The van der Waals surface area contributed by atoms with Crippen molar-refractivity contribution in [2.45, 2.75) is 53.2 Å². The molecule has 0 saturated carbocycles. The minimum atomic E-state index is -0.0289. The third-order valence-electron chi connectivity index (χ3n) is 4.25. The molecule has 0 aliphatic carbocycles. The monoisotopic (exact) mass is 327 g/mol. The Morgan fingerprint density at radius 3 is 2.62 bits per heavy atom. The van der Waals surface area contributed by atoms with E-state index in [-0.39, 0.29) is 12.1 Å². The number of hydrogen-bond donors (Lipinski definition) is 1. The smallest absolute Gasteiger partial charge is 0.318 e. The summed E-state index contributed by atoms with van der Waals surface area (Å²) in [5.41, 5.74) is 3.78. The molecular weight excluding hydrogens is 302 g/mol. The van der Waals surface area contributed by atoms with E-state index in [1.54, 1.807) is 4.90 Å². The normalized spacial score (nSPS) is 15.1. The average molecular weight is 327 g/mol. The zero-order valence-corrected chi connectivity index (χ0v) is 14.8. The highest BCUT2D eigenvalue weighted by molar-refractivity contribution is 5.74. The van der Waals surface area contributed by atoms with Crippen LogP contribution in [0.3, 0.4) is 0 Å². The third-order valence-corrected chi connectivity index (χ3v) is 4.25. The topological polar surface area (TPSA) is 63.1 Å². The van der Waals surface area contributed by atoms with Crippen LogP contribution in [0.1, 0.15) is 35.3 Å². The van der Waals surface area contributed by atoms with Gasteiger partial charge >= 0.3 is 6.03 Å². The van der Waals surface area contributed by atoms with Gasteiger partial charge in [0.05, 0.1) is 13.1 Å². The Bertz CT molecular complexity index is 732. The number of carbonyl (C=O) groups excluding carboxylic acids is 1. The van der Waals surface area contributed by atoms with Crippen LogP contribution in [-0.4, -0.2) is 38.3 Å².